The SMILES string of the molecule is CC1C(O)=CC=C1c1cnc(N)c(OCc2ccccc2)c1. The van der Waals surface area contributed by atoms with Gasteiger partial charge in [-0.2, -0.15) is 0 Å². The number of anilines is 1. The van der Waals surface area contributed by atoms with Gasteiger partial charge >= 0.3 is 0 Å². The van der Waals surface area contributed by atoms with Crippen LogP contribution in [0.25, 0.3) is 5.57 Å². The van der Waals surface area contributed by atoms with Crippen LogP contribution in [-0.4, -0.2) is 10.1 Å². The van der Waals surface area contributed by atoms with Crippen LogP contribution in [0.3, 0.4) is 0 Å². The Kier molecular flexibility index (Phi) is 3.83. The lowest BCUT2D eigenvalue weighted by Crippen LogP contribution is -2.03. The molecule has 22 heavy (non-hydrogen) atoms. The lowest BCUT2D eigenvalue weighted by molar-refractivity contribution is 0.307. The number of aliphatic hydroxyl groups is 1. The smallest absolute Gasteiger partial charge is 0.166 e. The summed E-state index contributed by atoms with van der Waals surface area (Å²) in [7, 11) is 0. The zero-order valence-corrected chi connectivity index (χ0v) is 12.4. The Balaban J connectivity index is 1.79. The number of nitrogen functional groups attached to an aromatic ring is 1. The van der Waals surface area contributed by atoms with Crippen molar-refractivity contribution >= 4 is 11.4 Å². The van der Waals surface area contributed by atoms with Crippen molar-refractivity contribution in [2.75, 3.05) is 5.73 Å². The van der Waals surface area contributed by atoms with E-state index >= 15 is 0 Å². The van der Waals surface area contributed by atoms with E-state index in [4.69, 9.17) is 10.5 Å². The topological polar surface area (TPSA) is 68.4 Å². The first-order valence-corrected chi connectivity index (χ1v) is 7.18. The molecule has 0 saturated heterocycles. The normalized spacial score (nSPS) is 17.0. The number of ether oxygens (including phenoxy) is 1. The molecule has 0 amide bonds. The van der Waals surface area contributed by atoms with Gasteiger partial charge in [-0.1, -0.05) is 43.3 Å². The fraction of sp³-hybridized carbons (Fsp3) is 0.167. The van der Waals surface area contributed by atoms with Crippen LogP contribution >= 0.6 is 0 Å². The standard InChI is InChI=1S/C18H18N2O2/c1-12-15(7-8-16(12)21)14-9-17(18(19)20-10-14)22-11-13-5-3-2-4-6-13/h2-10,12,21H,11H2,1H3,(H2,19,20). The van der Waals surface area contributed by atoms with Gasteiger partial charge < -0.3 is 15.6 Å². The zero-order valence-electron chi connectivity index (χ0n) is 12.4. The summed E-state index contributed by atoms with van der Waals surface area (Å²) >= 11 is 0. The van der Waals surface area contributed by atoms with Crippen molar-refractivity contribution in [2.24, 2.45) is 5.92 Å². The number of allylic oxidation sites excluding steroid dienone is 3. The molecule has 1 atom stereocenters. The highest BCUT2D eigenvalue weighted by Gasteiger charge is 2.20. The highest BCUT2D eigenvalue weighted by molar-refractivity contribution is 5.74. The molecule has 1 aliphatic rings. The Morgan fingerprint density at radius 2 is 2.00 bits per heavy atom. The summed E-state index contributed by atoms with van der Waals surface area (Å²) < 4.78 is 5.79. The molecule has 0 saturated carbocycles. The van der Waals surface area contributed by atoms with Gasteiger partial charge in [-0.05, 0) is 23.3 Å². The minimum Gasteiger partial charge on any atom is -0.512 e. The van der Waals surface area contributed by atoms with E-state index < -0.39 is 0 Å². The van der Waals surface area contributed by atoms with Crippen molar-refractivity contribution in [3.63, 3.8) is 0 Å². The lowest BCUT2D eigenvalue weighted by Gasteiger charge is -2.14. The maximum atomic E-state index is 9.74. The Labute approximate surface area is 129 Å². The molecule has 112 valence electrons. The van der Waals surface area contributed by atoms with E-state index in [0.29, 0.717) is 23.9 Å². The van der Waals surface area contributed by atoms with Crippen molar-refractivity contribution in [1.82, 2.24) is 4.98 Å². The van der Waals surface area contributed by atoms with Crippen molar-refractivity contribution in [2.45, 2.75) is 13.5 Å². The highest BCUT2D eigenvalue weighted by Crippen LogP contribution is 2.34. The number of pyridine rings is 1. The van der Waals surface area contributed by atoms with Gasteiger partial charge in [-0.15, -0.1) is 0 Å². The average Bonchev–Trinajstić information content (AvgIpc) is 2.87. The zero-order chi connectivity index (χ0) is 15.5. The number of rotatable bonds is 4. The maximum absolute atomic E-state index is 9.74. The summed E-state index contributed by atoms with van der Waals surface area (Å²) in [4.78, 5) is 4.20. The van der Waals surface area contributed by atoms with Gasteiger partial charge in [-0.25, -0.2) is 4.98 Å². The quantitative estimate of drug-likeness (QED) is 0.901. The molecular formula is C18H18N2O2. The van der Waals surface area contributed by atoms with E-state index in [1.54, 1.807) is 12.3 Å². The number of hydrogen-bond donors (Lipinski definition) is 2. The van der Waals surface area contributed by atoms with Gasteiger partial charge in [0, 0.05) is 17.7 Å². The van der Waals surface area contributed by atoms with Crippen molar-refractivity contribution in [1.29, 1.82) is 0 Å². The molecule has 0 radical (unpaired) electrons. The molecule has 3 N–H and O–H groups in total. The number of benzene rings is 1. The van der Waals surface area contributed by atoms with Gasteiger partial charge in [0.25, 0.3) is 0 Å². The molecule has 4 heteroatoms. The number of hydrogen-bond acceptors (Lipinski definition) is 4. The van der Waals surface area contributed by atoms with E-state index in [-0.39, 0.29) is 5.92 Å². The Morgan fingerprint density at radius 1 is 1.23 bits per heavy atom. The van der Waals surface area contributed by atoms with Crippen LogP contribution in [0.5, 0.6) is 5.75 Å². The summed E-state index contributed by atoms with van der Waals surface area (Å²) in [6.45, 7) is 2.39. The third kappa shape index (κ3) is 2.81. The van der Waals surface area contributed by atoms with E-state index in [2.05, 4.69) is 4.98 Å². The van der Waals surface area contributed by atoms with Crippen LogP contribution in [0.1, 0.15) is 18.1 Å². The summed E-state index contributed by atoms with van der Waals surface area (Å²) in [6.07, 6.45) is 5.31. The van der Waals surface area contributed by atoms with Crippen LogP contribution in [0.15, 0.2) is 60.5 Å². The van der Waals surface area contributed by atoms with Crippen LogP contribution in [0.4, 0.5) is 5.82 Å². The van der Waals surface area contributed by atoms with E-state index in [0.717, 1.165) is 16.7 Å². The minimum atomic E-state index is -0.0348. The first-order valence-electron chi connectivity index (χ1n) is 7.18. The van der Waals surface area contributed by atoms with E-state index in [9.17, 15) is 5.11 Å². The lowest BCUT2D eigenvalue weighted by atomic mass is 9.97. The minimum absolute atomic E-state index is 0.0348. The number of nitrogens with two attached hydrogens (primary N) is 1. The molecule has 0 fully saturated rings. The molecule has 1 unspecified atom stereocenters. The molecule has 1 heterocycles. The summed E-state index contributed by atoms with van der Waals surface area (Å²) in [6, 6.07) is 11.8. The summed E-state index contributed by atoms with van der Waals surface area (Å²) in [5.41, 5.74) is 8.88. The van der Waals surface area contributed by atoms with Gasteiger partial charge in [0.2, 0.25) is 0 Å². The Morgan fingerprint density at radius 3 is 2.68 bits per heavy atom. The average molecular weight is 294 g/mol. The molecule has 1 aromatic heterocycles. The second-order valence-electron chi connectivity index (χ2n) is 5.32. The van der Waals surface area contributed by atoms with Crippen LogP contribution < -0.4 is 10.5 Å². The second-order valence-corrected chi connectivity index (χ2v) is 5.32. The van der Waals surface area contributed by atoms with Gasteiger partial charge in [0.05, 0.1) is 5.76 Å². The molecule has 0 aliphatic heterocycles. The number of aliphatic hydroxyl groups excluding tert-OH is 1. The molecule has 0 bridgehead atoms. The monoisotopic (exact) mass is 294 g/mol. The van der Waals surface area contributed by atoms with Crippen molar-refractivity contribution in [3.8, 4) is 5.75 Å². The molecular weight excluding hydrogens is 276 g/mol. The third-order valence-electron chi connectivity index (χ3n) is 3.80. The predicted molar refractivity (Wildman–Crippen MR) is 87.3 cm³/mol. The number of aromatic nitrogens is 1. The predicted octanol–water partition coefficient (Wildman–Crippen LogP) is 3.72. The molecule has 3 rings (SSSR count). The van der Waals surface area contributed by atoms with Crippen molar-refractivity contribution in [3.05, 3.63) is 71.6 Å². The second kappa shape index (κ2) is 5.93. The highest BCUT2D eigenvalue weighted by atomic mass is 16.5. The van der Waals surface area contributed by atoms with Crippen LogP contribution in [-0.2, 0) is 6.61 Å². The van der Waals surface area contributed by atoms with Gasteiger partial charge in [-0.3, -0.25) is 0 Å². The largest absolute Gasteiger partial charge is 0.512 e. The molecule has 4 nitrogen and oxygen atoms in total. The van der Waals surface area contributed by atoms with E-state index in [1.165, 1.54) is 0 Å². The Hall–Kier alpha value is -2.75. The number of nitrogens with zero attached hydrogens (tertiary/aromatic N) is 1. The first kappa shape index (κ1) is 14.2. The maximum Gasteiger partial charge on any atom is 0.166 e. The van der Waals surface area contributed by atoms with Crippen LogP contribution in [0, 0.1) is 5.92 Å². The van der Waals surface area contributed by atoms with Gasteiger partial charge in [0.1, 0.15) is 6.61 Å². The summed E-state index contributed by atoms with van der Waals surface area (Å²) in [5.74, 6) is 1.25. The first-order chi connectivity index (χ1) is 10.6. The molecule has 0 spiro atoms. The van der Waals surface area contributed by atoms with Crippen molar-refractivity contribution < 1.29 is 9.84 Å². The molecule has 1 aliphatic carbocycles. The third-order valence-corrected chi connectivity index (χ3v) is 3.80. The van der Waals surface area contributed by atoms with Crippen LogP contribution in [0.2, 0.25) is 0 Å². The fourth-order valence-corrected chi connectivity index (χ4v) is 2.43. The van der Waals surface area contributed by atoms with E-state index in [1.807, 2.05) is 49.4 Å². The Bertz CT molecular complexity index is 736. The van der Waals surface area contributed by atoms with Gasteiger partial charge in [0.15, 0.2) is 11.6 Å². The molecule has 1 aromatic carbocycles. The summed E-state index contributed by atoms with van der Waals surface area (Å²) in [5, 5.41) is 9.74. The molecule has 2 aromatic rings. The fourth-order valence-electron chi connectivity index (χ4n) is 2.43.